The largest absolute Gasteiger partial charge is 0.490 e. The van der Waals surface area contributed by atoms with Gasteiger partial charge in [-0.2, -0.15) is 0 Å². The zero-order valence-electron chi connectivity index (χ0n) is 14.5. The predicted octanol–water partition coefficient (Wildman–Crippen LogP) is 2.85. The lowest BCUT2D eigenvalue weighted by Gasteiger charge is -2.23. The van der Waals surface area contributed by atoms with Crippen molar-refractivity contribution in [1.82, 2.24) is 5.32 Å². The summed E-state index contributed by atoms with van der Waals surface area (Å²) in [4.78, 5) is 12.6. The Hall–Kier alpha value is -2.53. The van der Waals surface area contributed by atoms with E-state index in [2.05, 4.69) is 12.2 Å². The minimum absolute atomic E-state index is 0.0784. The average molecular weight is 339 g/mol. The second-order valence-electron chi connectivity index (χ2n) is 6.51. The molecule has 3 rings (SSSR count). The fourth-order valence-corrected chi connectivity index (χ4v) is 3.25. The SMILES string of the molecule is CCC(Oc1ccc(C(=O)c2ccc(N)c(N)c2)cc1)C1CCNC1. The molecule has 0 aliphatic carbocycles. The van der Waals surface area contributed by atoms with Gasteiger partial charge in [0.2, 0.25) is 0 Å². The van der Waals surface area contributed by atoms with E-state index >= 15 is 0 Å². The number of ketones is 1. The molecule has 2 aromatic rings. The summed E-state index contributed by atoms with van der Waals surface area (Å²) in [5.74, 6) is 1.27. The number of nitrogens with one attached hydrogen (secondary N) is 1. The van der Waals surface area contributed by atoms with Crippen molar-refractivity contribution in [3.05, 3.63) is 53.6 Å². The summed E-state index contributed by atoms with van der Waals surface area (Å²) in [6.07, 6.45) is 2.32. The van der Waals surface area contributed by atoms with Crippen molar-refractivity contribution < 1.29 is 9.53 Å². The number of hydrogen-bond acceptors (Lipinski definition) is 5. The fraction of sp³-hybridized carbons (Fsp3) is 0.350. The average Bonchev–Trinajstić information content (AvgIpc) is 3.16. The van der Waals surface area contributed by atoms with E-state index in [1.54, 1.807) is 30.3 Å². The molecule has 0 bridgehead atoms. The van der Waals surface area contributed by atoms with Gasteiger partial charge in [-0.25, -0.2) is 0 Å². The van der Waals surface area contributed by atoms with Crippen LogP contribution in [0.3, 0.4) is 0 Å². The molecule has 0 amide bonds. The molecule has 2 aromatic carbocycles. The molecule has 1 aliphatic heterocycles. The second-order valence-corrected chi connectivity index (χ2v) is 6.51. The first-order valence-electron chi connectivity index (χ1n) is 8.75. The van der Waals surface area contributed by atoms with E-state index in [1.807, 2.05) is 12.1 Å². The number of benzene rings is 2. The molecule has 5 heteroatoms. The third-order valence-electron chi connectivity index (χ3n) is 4.78. The monoisotopic (exact) mass is 339 g/mol. The van der Waals surface area contributed by atoms with Crippen molar-refractivity contribution in [2.45, 2.75) is 25.9 Å². The molecule has 2 unspecified atom stereocenters. The van der Waals surface area contributed by atoms with Gasteiger partial charge in [0.15, 0.2) is 5.78 Å². The summed E-state index contributed by atoms with van der Waals surface area (Å²) in [5.41, 5.74) is 13.5. The highest BCUT2D eigenvalue weighted by molar-refractivity contribution is 6.09. The summed E-state index contributed by atoms with van der Waals surface area (Å²) in [7, 11) is 0. The number of hydrogen-bond donors (Lipinski definition) is 3. The van der Waals surface area contributed by atoms with Crippen LogP contribution in [0.25, 0.3) is 0 Å². The maximum absolute atomic E-state index is 12.6. The number of rotatable bonds is 6. The number of ether oxygens (including phenoxy) is 1. The minimum atomic E-state index is -0.0784. The molecule has 0 radical (unpaired) electrons. The molecule has 1 saturated heterocycles. The summed E-state index contributed by atoms with van der Waals surface area (Å²) in [6, 6.07) is 12.3. The quantitative estimate of drug-likeness (QED) is 0.556. The number of carbonyl (C=O) groups is 1. The zero-order chi connectivity index (χ0) is 17.8. The van der Waals surface area contributed by atoms with Crippen LogP contribution in [0.1, 0.15) is 35.7 Å². The van der Waals surface area contributed by atoms with Gasteiger partial charge in [-0.05, 0) is 61.9 Å². The molecule has 25 heavy (non-hydrogen) atoms. The Labute approximate surface area is 148 Å². The molecule has 0 spiro atoms. The van der Waals surface area contributed by atoms with Crippen molar-refractivity contribution in [2.75, 3.05) is 24.6 Å². The third-order valence-corrected chi connectivity index (χ3v) is 4.78. The van der Waals surface area contributed by atoms with Crippen molar-refractivity contribution in [3.63, 3.8) is 0 Å². The predicted molar refractivity (Wildman–Crippen MR) is 101 cm³/mol. The van der Waals surface area contributed by atoms with Crippen molar-refractivity contribution >= 4 is 17.2 Å². The lowest BCUT2D eigenvalue weighted by molar-refractivity contribution is 0.103. The van der Waals surface area contributed by atoms with E-state index in [0.29, 0.717) is 28.4 Å². The Balaban J connectivity index is 1.70. The molecule has 5 N–H and O–H groups in total. The summed E-state index contributed by atoms with van der Waals surface area (Å²) < 4.78 is 6.14. The van der Waals surface area contributed by atoms with Gasteiger partial charge in [0, 0.05) is 23.6 Å². The van der Waals surface area contributed by atoms with Gasteiger partial charge < -0.3 is 21.5 Å². The van der Waals surface area contributed by atoms with Gasteiger partial charge in [-0.15, -0.1) is 0 Å². The highest BCUT2D eigenvalue weighted by Crippen LogP contribution is 2.24. The van der Waals surface area contributed by atoms with Crippen LogP contribution in [0.15, 0.2) is 42.5 Å². The Morgan fingerprint density at radius 2 is 1.88 bits per heavy atom. The molecule has 2 atom stereocenters. The first-order chi connectivity index (χ1) is 12.1. The molecule has 0 saturated carbocycles. The zero-order valence-corrected chi connectivity index (χ0v) is 14.5. The smallest absolute Gasteiger partial charge is 0.193 e. The maximum Gasteiger partial charge on any atom is 0.193 e. The van der Waals surface area contributed by atoms with E-state index in [4.69, 9.17) is 16.2 Å². The molecule has 1 aliphatic rings. The molecule has 0 aromatic heterocycles. The lowest BCUT2D eigenvalue weighted by Crippen LogP contribution is -2.28. The minimum Gasteiger partial charge on any atom is -0.490 e. The van der Waals surface area contributed by atoms with E-state index in [9.17, 15) is 4.79 Å². The van der Waals surface area contributed by atoms with Gasteiger partial charge >= 0.3 is 0 Å². The van der Waals surface area contributed by atoms with Crippen molar-refractivity contribution in [3.8, 4) is 5.75 Å². The van der Waals surface area contributed by atoms with Crippen LogP contribution < -0.4 is 21.5 Å². The topological polar surface area (TPSA) is 90.4 Å². The Morgan fingerprint density at radius 3 is 2.48 bits per heavy atom. The number of anilines is 2. The molecular formula is C20H25N3O2. The normalized spacial score (nSPS) is 18.0. The molecule has 1 fully saturated rings. The van der Waals surface area contributed by atoms with Crippen LogP contribution in [0.5, 0.6) is 5.75 Å². The Kier molecular flexibility index (Phi) is 5.24. The van der Waals surface area contributed by atoms with Crippen LogP contribution in [0.4, 0.5) is 11.4 Å². The standard InChI is InChI=1S/C20H25N3O2/c1-2-19(15-9-10-23-12-15)25-16-6-3-13(4-7-16)20(24)14-5-8-17(21)18(22)11-14/h3-8,11,15,19,23H,2,9-10,12,21-22H2,1H3. The van der Waals surface area contributed by atoms with E-state index in [0.717, 1.165) is 31.7 Å². The highest BCUT2D eigenvalue weighted by Gasteiger charge is 2.25. The molecule has 5 nitrogen and oxygen atoms in total. The van der Waals surface area contributed by atoms with Gasteiger partial charge in [-0.3, -0.25) is 4.79 Å². The number of carbonyl (C=O) groups excluding carboxylic acids is 1. The molecule has 1 heterocycles. The van der Waals surface area contributed by atoms with Gasteiger partial charge in [0.25, 0.3) is 0 Å². The van der Waals surface area contributed by atoms with Crippen LogP contribution >= 0.6 is 0 Å². The van der Waals surface area contributed by atoms with Crippen LogP contribution in [-0.2, 0) is 0 Å². The van der Waals surface area contributed by atoms with Gasteiger partial charge in [-0.1, -0.05) is 6.92 Å². The highest BCUT2D eigenvalue weighted by atomic mass is 16.5. The molecule has 132 valence electrons. The number of nitrogen functional groups attached to an aromatic ring is 2. The Bertz CT molecular complexity index is 737. The van der Waals surface area contributed by atoms with E-state index in [-0.39, 0.29) is 11.9 Å². The van der Waals surface area contributed by atoms with Crippen LogP contribution in [0, 0.1) is 5.92 Å². The lowest BCUT2D eigenvalue weighted by atomic mass is 9.99. The Morgan fingerprint density at radius 1 is 1.16 bits per heavy atom. The first kappa shape index (κ1) is 17.3. The summed E-state index contributed by atoms with van der Waals surface area (Å²) in [5, 5.41) is 3.38. The summed E-state index contributed by atoms with van der Waals surface area (Å²) in [6.45, 7) is 4.21. The van der Waals surface area contributed by atoms with Crippen LogP contribution in [0.2, 0.25) is 0 Å². The maximum atomic E-state index is 12.6. The summed E-state index contributed by atoms with van der Waals surface area (Å²) >= 11 is 0. The van der Waals surface area contributed by atoms with E-state index < -0.39 is 0 Å². The third kappa shape index (κ3) is 3.94. The van der Waals surface area contributed by atoms with Crippen LogP contribution in [-0.4, -0.2) is 25.0 Å². The van der Waals surface area contributed by atoms with E-state index in [1.165, 1.54) is 0 Å². The second kappa shape index (κ2) is 7.57. The fourth-order valence-electron chi connectivity index (χ4n) is 3.25. The molecular weight excluding hydrogens is 314 g/mol. The van der Waals surface area contributed by atoms with Gasteiger partial charge in [0.1, 0.15) is 11.9 Å². The first-order valence-corrected chi connectivity index (χ1v) is 8.75. The number of nitrogens with two attached hydrogens (primary N) is 2. The van der Waals surface area contributed by atoms with Gasteiger partial charge in [0.05, 0.1) is 11.4 Å². The van der Waals surface area contributed by atoms with Crippen molar-refractivity contribution in [2.24, 2.45) is 5.92 Å². The van der Waals surface area contributed by atoms with Crippen molar-refractivity contribution in [1.29, 1.82) is 0 Å².